The third kappa shape index (κ3) is 5.20. The van der Waals surface area contributed by atoms with Crippen molar-refractivity contribution in [2.45, 2.75) is 6.92 Å². The van der Waals surface area contributed by atoms with E-state index in [0.717, 1.165) is 5.56 Å². The molecule has 11 nitrogen and oxygen atoms in total. The number of benzene rings is 1. The van der Waals surface area contributed by atoms with Crippen LogP contribution >= 0.6 is 0 Å². The van der Waals surface area contributed by atoms with E-state index in [9.17, 15) is 19.2 Å². The van der Waals surface area contributed by atoms with Crippen LogP contribution in [0.3, 0.4) is 0 Å². The minimum absolute atomic E-state index is 0.0917. The lowest BCUT2D eigenvalue weighted by atomic mass is 10.1. The molecule has 0 saturated carbocycles. The quantitative estimate of drug-likeness (QED) is 0.315. The fraction of sp³-hybridized carbons (Fsp3) is 0.120. The van der Waals surface area contributed by atoms with Crippen molar-refractivity contribution in [3.8, 4) is 11.3 Å². The molecule has 0 spiro atoms. The molecule has 0 fully saturated rings. The molecule has 0 aliphatic heterocycles. The molecule has 0 unspecified atom stereocenters. The summed E-state index contributed by atoms with van der Waals surface area (Å²) in [6.45, 7) is 1.43. The van der Waals surface area contributed by atoms with Crippen molar-refractivity contribution in [2.75, 3.05) is 16.0 Å². The van der Waals surface area contributed by atoms with E-state index in [1.54, 1.807) is 67.5 Å². The monoisotopic (exact) mass is 488 g/mol. The number of nitrogens with two attached hydrogens (primary N) is 1. The highest BCUT2D eigenvalue weighted by atomic mass is 16.3. The molecule has 0 aliphatic rings. The van der Waals surface area contributed by atoms with E-state index >= 15 is 0 Å². The van der Waals surface area contributed by atoms with E-state index < -0.39 is 17.7 Å². The minimum Gasteiger partial charge on any atom is -0.451 e. The van der Waals surface area contributed by atoms with Crippen molar-refractivity contribution in [3.63, 3.8) is 0 Å². The van der Waals surface area contributed by atoms with Gasteiger partial charge in [-0.1, -0.05) is 0 Å². The number of nitrogens with zero attached hydrogens (tertiary/aromatic N) is 2. The number of primary amides is 1. The Hall–Kier alpha value is -5.06. The van der Waals surface area contributed by atoms with Gasteiger partial charge in [-0.3, -0.25) is 19.2 Å². The normalized spacial score (nSPS) is 10.6. The van der Waals surface area contributed by atoms with Crippen LogP contribution in [0.15, 0.2) is 65.3 Å². The van der Waals surface area contributed by atoms with Crippen molar-refractivity contribution < 1.29 is 23.6 Å². The Balaban J connectivity index is 1.43. The van der Waals surface area contributed by atoms with Gasteiger partial charge in [-0.05, 0) is 48.5 Å². The van der Waals surface area contributed by atoms with Gasteiger partial charge in [-0.15, -0.1) is 0 Å². The molecule has 36 heavy (non-hydrogen) atoms. The second kappa shape index (κ2) is 9.66. The predicted octanol–water partition coefficient (Wildman–Crippen LogP) is 3.19. The van der Waals surface area contributed by atoms with Gasteiger partial charge < -0.3 is 35.2 Å². The molecule has 0 bridgehead atoms. The number of carbonyl (C=O) groups is 4. The molecule has 1 aromatic carbocycles. The van der Waals surface area contributed by atoms with Gasteiger partial charge in [0.1, 0.15) is 17.1 Å². The molecular weight excluding hydrogens is 464 g/mol. The van der Waals surface area contributed by atoms with Crippen LogP contribution in [0.4, 0.5) is 17.1 Å². The average Bonchev–Trinajstić information content (AvgIpc) is 3.52. The first-order valence-corrected chi connectivity index (χ1v) is 10.8. The van der Waals surface area contributed by atoms with E-state index in [0.29, 0.717) is 22.8 Å². The number of hydrogen-bond acceptors (Lipinski definition) is 5. The van der Waals surface area contributed by atoms with Crippen LogP contribution in [0.25, 0.3) is 11.3 Å². The van der Waals surface area contributed by atoms with Crippen molar-refractivity contribution in [1.29, 1.82) is 0 Å². The van der Waals surface area contributed by atoms with Crippen LogP contribution in [0.1, 0.15) is 38.5 Å². The third-order valence-corrected chi connectivity index (χ3v) is 5.33. The van der Waals surface area contributed by atoms with Crippen LogP contribution in [0.2, 0.25) is 0 Å². The first-order valence-electron chi connectivity index (χ1n) is 10.8. The molecule has 4 rings (SSSR count). The number of aromatic nitrogens is 2. The molecule has 3 heterocycles. The fourth-order valence-electron chi connectivity index (χ4n) is 3.66. The van der Waals surface area contributed by atoms with Gasteiger partial charge >= 0.3 is 0 Å². The number of carbonyl (C=O) groups excluding carboxylic acids is 4. The zero-order valence-electron chi connectivity index (χ0n) is 19.8. The van der Waals surface area contributed by atoms with Gasteiger partial charge in [0.15, 0.2) is 5.76 Å². The average molecular weight is 489 g/mol. The SMILES string of the molecule is CC(=O)Nc1ccc(-c2ccc(C(=O)Nc3cc(C(=O)Nc4cc(C(N)=O)n(C)c4)n(C)c3)o2)cc1. The lowest BCUT2D eigenvalue weighted by Gasteiger charge is -2.03. The van der Waals surface area contributed by atoms with Gasteiger partial charge in [0, 0.05) is 44.7 Å². The van der Waals surface area contributed by atoms with E-state index in [1.807, 2.05) is 0 Å². The molecule has 4 aromatic rings. The first kappa shape index (κ1) is 24.1. The van der Waals surface area contributed by atoms with Gasteiger partial charge in [0.25, 0.3) is 17.7 Å². The first-order chi connectivity index (χ1) is 17.1. The number of hydrogen-bond donors (Lipinski definition) is 4. The summed E-state index contributed by atoms with van der Waals surface area (Å²) in [5.41, 5.74) is 8.06. The Bertz CT molecular complexity index is 1470. The van der Waals surface area contributed by atoms with Crippen molar-refractivity contribution in [1.82, 2.24) is 9.13 Å². The lowest BCUT2D eigenvalue weighted by Crippen LogP contribution is -2.15. The Labute approximate surface area is 205 Å². The van der Waals surface area contributed by atoms with Crippen LogP contribution in [-0.2, 0) is 18.9 Å². The van der Waals surface area contributed by atoms with Crippen molar-refractivity contribution in [2.24, 2.45) is 19.8 Å². The van der Waals surface area contributed by atoms with E-state index in [4.69, 9.17) is 10.2 Å². The summed E-state index contributed by atoms with van der Waals surface area (Å²) >= 11 is 0. The lowest BCUT2D eigenvalue weighted by molar-refractivity contribution is -0.114. The molecule has 184 valence electrons. The molecule has 0 saturated heterocycles. The summed E-state index contributed by atoms with van der Waals surface area (Å²) in [6, 6.07) is 13.2. The smallest absolute Gasteiger partial charge is 0.291 e. The fourth-order valence-corrected chi connectivity index (χ4v) is 3.66. The van der Waals surface area contributed by atoms with Crippen LogP contribution < -0.4 is 21.7 Å². The maximum atomic E-state index is 12.7. The summed E-state index contributed by atoms with van der Waals surface area (Å²) in [5.74, 6) is -1.11. The molecule has 0 aliphatic carbocycles. The summed E-state index contributed by atoms with van der Waals surface area (Å²) in [4.78, 5) is 48.0. The summed E-state index contributed by atoms with van der Waals surface area (Å²) < 4.78 is 8.78. The van der Waals surface area contributed by atoms with Gasteiger partial charge in [-0.25, -0.2) is 0 Å². The van der Waals surface area contributed by atoms with Gasteiger partial charge in [0.2, 0.25) is 5.91 Å². The largest absolute Gasteiger partial charge is 0.451 e. The predicted molar refractivity (Wildman–Crippen MR) is 134 cm³/mol. The number of amides is 4. The number of rotatable bonds is 7. The van der Waals surface area contributed by atoms with Crippen molar-refractivity contribution in [3.05, 3.63) is 78.1 Å². The molecule has 0 radical (unpaired) electrons. The van der Waals surface area contributed by atoms with E-state index in [2.05, 4.69) is 16.0 Å². The highest BCUT2D eigenvalue weighted by Crippen LogP contribution is 2.25. The Morgan fingerprint density at radius 3 is 1.92 bits per heavy atom. The molecule has 11 heteroatoms. The highest BCUT2D eigenvalue weighted by molar-refractivity contribution is 6.07. The standard InChI is InChI=1S/C25H24N6O5/c1-14(32)27-16-6-4-15(5-7-16)21-8-9-22(36-21)25(35)29-18-11-20(31(3)13-18)24(34)28-17-10-19(23(26)33)30(2)12-17/h4-13H,1-3H3,(H2,26,33)(H,27,32)(H,28,34)(H,29,35). The van der Waals surface area contributed by atoms with E-state index in [-0.39, 0.29) is 23.1 Å². The zero-order chi connectivity index (χ0) is 26.0. The molecular formula is C25H24N6O5. The van der Waals surface area contributed by atoms with Gasteiger partial charge in [-0.2, -0.15) is 0 Å². The van der Waals surface area contributed by atoms with E-state index in [1.165, 1.54) is 23.6 Å². The maximum Gasteiger partial charge on any atom is 0.291 e. The van der Waals surface area contributed by atoms with Crippen LogP contribution in [-0.4, -0.2) is 32.8 Å². The summed E-state index contributed by atoms with van der Waals surface area (Å²) in [6.07, 6.45) is 3.17. The molecule has 3 aromatic heterocycles. The minimum atomic E-state index is -0.607. The second-order valence-corrected chi connectivity index (χ2v) is 8.14. The van der Waals surface area contributed by atoms with Crippen molar-refractivity contribution >= 4 is 40.7 Å². The van der Waals surface area contributed by atoms with Crippen LogP contribution in [0.5, 0.6) is 0 Å². The highest BCUT2D eigenvalue weighted by Gasteiger charge is 2.18. The molecule has 5 N–H and O–H groups in total. The molecule has 4 amide bonds. The Kier molecular flexibility index (Phi) is 6.46. The second-order valence-electron chi connectivity index (χ2n) is 8.14. The third-order valence-electron chi connectivity index (χ3n) is 5.33. The summed E-state index contributed by atoms with van der Waals surface area (Å²) in [5, 5.41) is 8.11. The van der Waals surface area contributed by atoms with Gasteiger partial charge in [0.05, 0.1) is 11.4 Å². The zero-order valence-corrected chi connectivity index (χ0v) is 19.8. The number of anilines is 3. The number of nitrogens with one attached hydrogen (secondary N) is 3. The molecule has 0 atom stereocenters. The number of furan rings is 1. The Morgan fingerprint density at radius 1 is 0.750 bits per heavy atom. The topological polar surface area (TPSA) is 153 Å². The Morgan fingerprint density at radius 2 is 1.33 bits per heavy atom. The number of aryl methyl sites for hydroxylation is 2. The maximum absolute atomic E-state index is 12.7. The van der Waals surface area contributed by atoms with Crippen LogP contribution in [0, 0.1) is 0 Å². The summed E-state index contributed by atoms with van der Waals surface area (Å²) in [7, 11) is 3.31.